The van der Waals surface area contributed by atoms with Crippen LogP contribution in [0.3, 0.4) is 0 Å². The van der Waals surface area contributed by atoms with E-state index in [-0.39, 0.29) is 12.0 Å². The van der Waals surface area contributed by atoms with Gasteiger partial charge in [-0.05, 0) is 30.5 Å². The molecule has 2 nitrogen and oxygen atoms in total. The monoisotopic (exact) mass is 289 g/mol. The van der Waals surface area contributed by atoms with Gasteiger partial charge >= 0.3 is 6.18 Å². The Hall–Kier alpha value is -1.07. The van der Waals surface area contributed by atoms with Gasteiger partial charge in [0.15, 0.2) is 0 Å². The Kier molecular flexibility index (Phi) is 6.02. The molecule has 0 aliphatic heterocycles. The van der Waals surface area contributed by atoms with Crippen molar-refractivity contribution < 1.29 is 18.3 Å². The first-order valence-electron chi connectivity index (χ1n) is 6.84. The lowest BCUT2D eigenvalue weighted by Gasteiger charge is -2.29. The van der Waals surface area contributed by atoms with Crippen molar-refractivity contribution in [3.8, 4) is 0 Å². The van der Waals surface area contributed by atoms with Crippen LogP contribution < -0.4 is 5.32 Å². The summed E-state index contributed by atoms with van der Waals surface area (Å²) in [4.78, 5) is 0. The maximum absolute atomic E-state index is 12.4. The minimum Gasteiger partial charge on any atom is -0.396 e. The highest BCUT2D eigenvalue weighted by Gasteiger charge is 2.30. The van der Waals surface area contributed by atoms with Gasteiger partial charge in [0.05, 0.1) is 5.56 Å². The third kappa shape index (κ3) is 4.49. The smallest absolute Gasteiger partial charge is 0.396 e. The second-order valence-corrected chi connectivity index (χ2v) is 5.16. The molecular formula is C15H22F3NO. The molecule has 114 valence electrons. The van der Waals surface area contributed by atoms with E-state index in [1.165, 1.54) is 12.1 Å². The van der Waals surface area contributed by atoms with E-state index in [0.29, 0.717) is 13.1 Å². The average Bonchev–Trinajstić information content (AvgIpc) is 2.44. The molecule has 0 aromatic heterocycles. The number of benzene rings is 1. The third-order valence-corrected chi connectivity index (χ3v) is 3.95. The third-order valence-electron chi connectivity index (χ3n) is 3.95. The SMILES string of the molecule is CCC(CC)(CO)CNCc1ccc(C(F)(F)F)cc1. The molecular weight excluding hydrogens is 267 g/mol. The number of aliphatic hydroxyl groups is 1. The summed E-state index contributed by atoms with van der Waals surface area (Å²) in [6, 6.07) is 5.15. The summed E-state index contributed by atoms with van der Waals surface area (Å²) in [6.07, 6.45) is -2.57. The average molecular weight is 289 g/mol. The molecule has 0 aliphatic rings. The molecule has 0 amide bonds. The van der Waals surface area contributed by atoms with Gasteiger partial charge in [-0.15, -0.1) is 0 Å². The van der Waals surface area contributed by atoms with Gasteiger partial charge < -0.3 is 10.4 Å². The fraction of sp³-hybridized carbons (Fsp3) is 0.600. The molecule has 0 fully saturated rings. The molecule has 0 heterocycles. The fourth-order valence-corrected chi connectivity index (χ4v) is 2.06. The first kappa shape index (κ1) is 17.0. The van der Waals surface area contributed by atoms with Gasteiger partial charge in [0.25, 0.3) is 0 Å². The van der Waals surface area contributed by atoms with Crippen molar-refractivity contribution in [1.29, 1.82) is 0 Å². The van der Waals surface area contributed by atoms with E-state index >= 15 is 0 Å². The van der Waals surface area contributed by atoms with E-state index in [1.54, 1.807) is 0 Å². The Morgan fingerprint density at radius 1 is 1.05 bits per heavy atom. The second-order valence-electron chi connectivity index (χ2n) is 5.16. The highest BCUT2D eigenvalue weighted by atomic mass is 19.4. The molecule has 1 aromatic rings. The lowest BCUT2D eigenvalue weighted by Crippen LogP contribution is -2.36. The summed E-state index contributed by atoms with van der Waals surface area (Å²) in [5, 5.41) is 12.6. The van der Waals surface area contributed by atoms with E-state index in [2.05, 4.69) is 5.32 Å². The van der Waals surface area contributed by atoms with Crippen molar-refractivity contribution in [2.45, 2.75) is 39.4 Å². The minimum absolute atomic E-state index is 0.111. The molecule has 5 heteroatoms. The number of aliphatic hydroxyl groups excluding tert-OH is 1. The van der Waals surface area contributed by atoms with Crippen LogP contribution >= 0.6 is 0 Å². The van der Waals surface area contributed by atoms with Gasteiger partial charge in [0.2, 0.25) is 0 Å². The van der Waals surface area contributed by atoms with Crippen LogP contribution in [0.15, 0.2) is 24.3 Å². The molecule has 0 spiro atoms. The molecule has 2 N–H and O–H groups in total. The van der Waals surface area contributed by atoms with Crippen LogP contribution in [0.25, 0.3) is 0 Å². The first-order valence-corrected chi connectivity index (χ1v) is 6.84. The van der Waals surface area contributed by atoms with E-state index < -0.39 is 11.7 Å². The molecule has 0 aliphatic carbocycles. The van der Waals surface area contributed by atoms with E-state index in [9.17, 15) is 18.3 Å². The van der Waals surface area contributed by atoms with Crippen LogP contribution in [0.5, 0.6) is 0 Å². The molecule has 0 bridgehead atoms. The van der Waals surface area contributed by atoms with Gasteiger partial charge in [0.1, 0.15) is 0 Å². The summed E-state index contributed by atoms with van der Waals surface area (Å²) in [6.45, 7) is 5.32. The topological polar surface area (TPSA) is 32.3 Å². The normalized spacial score (nSPS) is 12.7. The summed E-state index contributed by atoms with van der Waals surface area (Å²) in [5.74, 6) is 0. The maximum atomic E-state index is 12.4. The standard InChI is InChI=1S/C15H22F3NO/c1-3-14(4-2,11-20)10-19-9-12-5-7-13(8-6-12)15(16,17)18/h5-8,19-20H,3-4,9-11H2,1-2H3. The van der Waals surface area contributed by atoms with Crippen LogP contribution in [0.1, 0.15) is 37.8 Å². The van der Waals surface area contributed by atoms with Crippen molar-refractivity contribution in [1.82, 2.24) is 5.32 Å². The Morgan fingerprint density at radius 2 is 1.60 bits per heavy atom. The predicted octanol–water partition coefficient (Wildman–Crippen LogP) is 3.59. The van der Waals surface area contributed by atoms with E-state index in [1.807, 2.05) is 13.8 Å². The quantitative estimate of drug-likeness (QED) is 0.804. The molecule has 0 unspecified atom stereocenters. The lowest BCUT2D eigenvalue weighted by molar-refractivity contribution is -0.137. The molecule has 1 aromatic carbocycles. The van der Waals surface area contributed by atoms with Gasteiger partial charge in [0, 0.05) is 25.1 Å². The predicted molar refractivity (Wildman–Crippen MR) is 73.3 cm³/mol. The summed E-state index contributed by atoms with van der Waals surface area (Å²) >= 11 is 0. The van der Waals surface area contributed by atoms with Crippen LogP contribution in [0.2, 0.25) is 0 Å². The van der Waals surface area contributed by atoms with E-state index in [0.717, 1.165) is 30.5 Å². The van der Waals surface area contributed by atoms with Gasteiger partial charge in [-0.25, -0.2) is 0 Å². The number of nitrogens with one attached hydrogen (secondary N) is 1. The zero-order valence-electron chi connectivity index (χ0n) is 11.9. The molecule has 0 atom stereocenters. The minimum atomic E-state index is -4.29. The Balaban J connectivity index is 2.54. The molecule has 0 radical (unpaired) electrons. The van der Waals surface area contributed by atoms with Crippen molar-refractivity contribution in [3.05, 3.63) is 35.4 Å². The molecule has 20 heavy (non-hydrogen) atoms. The van der Waals surface area contributed by atoms with Crippen LogP contribution in [0.4, 0.5) is 13.2 Å². The molecule has 0 saturated carbocycles. The second kappa shape index (κ2) is 7.09. The first-order chi connectivity index (χ1) is 9.37. The van der Waals surface area contributed by atoms with Crippen molar-refractivity contribution in [3.63, 3.8) is 0 Å². The zero-order valence-corrected chi connectivity index (χ0v) is 11.9. The summed E-state index contributed by atoms with van der Waals surface area (Å²) < 4.78 is 37.3. The van der Waals surface area contributed by atoms with Crippen LogP contribution in [0, 0.1) is 5.41 Å². The number of halogens is 3. The number of alkyl halides is 3. The van der Waals surface area contributed by atoms with Crippen molar-refractivity contribution >= 4 is 0 Å². The van der Waals surface area contributed by atoms with Crippen LogP contribution in [-0.2, 0) is 12.7 Å². The highest BCUT2D eigenvalue weighted by molar-refractivity contribution is 5.24. The number of hydrogen-bond donors (Lipinski definition) is 2. The maximum Gasteiger partial charge on any atom is 0.416 e. The van der Waals surface area contributed by atoms with Crippen molar-refractivity contribution in [2.75, 3.05) is 13.2 Å². The Labute approximate surface area is 118 Å². The molecule has 1 rings (SSSR count). The van der Waals surface area contributed by atoms with Gasteiger partial charge in [-0.2, -0.15) is 13.2 Å². The highest BCUT2D eigenvalue weighted by Crippen LogP contribution is 2.29. The van der Waals surface area contributed by atoms with Crippen LogP contribution in [-0.4, -0.2) is 18.3 Å². The Morgan fingerprint density at radius 3 is 2.00 bits per heavy atom. The largest absolute Gasteiger partial charge is 0.416 e. The lowest BCUT2D eigenvalue weighted by atomic mass is 9.83. The van der Waals surface area contributed by atoms with Gasteiger partial charge in [-0.1, -0.05) is 26.0 Å². The van der Waals surface area contributed by atoms with Crippen molar-refractivity contribution in [2.24, 2.45) is 5.41 Å². The number of rotatable bonds is 7. The summed E-state index contributed by atoms with van der Waals surface area (Å²) in [5.41, 5.74) is 0.0245. The summed E-state index contributed by atoms with van der Waals surface area (Å²) in [7, 11) is 0. The fourth-order valence-electron chi connectivity index (χ4n) is 2.06. The number of hydrogen-bond acceptors (Lipinski definition) is 2. The molecule has 0 saturated heterocycles. The Bertz CT molecular complexity index is 388. The van der Waals surface area contributed by atoms with Gasteiger partial charge in [-0.3, -0.25) is 0 Å². The van der Waals surface area contributed by atoms with E-state index in [4.69, 9.17) is 0 Å². The zero-order chi connectivity index (χ0) is 15.2.